The minimum Gasteiger partial charge on any atom is -0.387 e. The van der Waals surface area contributed by atoms with Gasteiger partial charge in [-0.1, -0.05) is 0 Å². The molecule has 0 aliphatic heterocycles. The first-order valence-corrected chi connectivity index (χ1v) is 7.29. The second-order valence-electron chi connectivity index (χ2n) is 5.17. The van der Waals surface area contributed by atoms with Gasteiger partial charge >= 0.3 is 0 Å². The molecule has 1 N–H and O–H groups in total. The molecule has 4 heteroatoms. The van der Waals surface area contributed by atoms with E-state index in [0.717, 1.165) is 22.2 Å². The first kappa shape index (κ1) is 11.2. The number of fused-ring (bicyclic) bond motifs is 1. The van der Waals surface area contributed by atoms with Gasteiger partial charge in [0.25, 0.3) is 0 Å². The van der Waals surface area contributed by atoms with Gasteiger partial charge in [0.15, 0.2) is 0 Å². The lowest BCUT2D eigenvalue weighted by Gasteiger charge is -2.21. The van der Waals surface area contributed by atoms with E-state index in [1.807, 2.05) is 11.4 Å². The number of hydrogen-bond donors (Lipinski definition) is 1. The maximum Gasteiger partial charge on any atom is 0.114 e. The van der Waals surface area contributed by atoms with Crippen LogP contribution in [0.15, 0.2) is 15.9 Å². The van der Waals surface area contributed by atoms with E-state index in [2.05, 4.69) is 15.9 Å². The third kappa shape index (κ3) is 1.50. The van der Waals surface area contributed by atoms with Gasteiger partial charge in [0, 0.05) is 9.35 Å². The van der Waals surface area contributed by atoms with E-state index in [1.165, 1.54) is 0 Å². The van der Waals surface area contributed by atoms with E-state index in [-0.39, 0.29) is 17.8 Å². The molecule has 0 bridgehead atoms. The third-order valence-corrected chi connectivity index (χ3v) is 6.24. The van der Waals surface area contributed by atoms with Crippen molar-refractivity contribution < 1.29 is 9.50 Å². The van der Waals surface area contributed by atoms with E-state index < -0.39 is 11.8 Å². The minimum atomic E-state index is -0.942. The normalized spacial score (nSPS) is 43.1. The molecule has 16 heavy (non-hydrogen) atoms. The van der Waals surface area contributed by atoms with Gasteiger partial charge in [-0.2, -0.15) is 0 Å². The highest BCUT2D eigenvalue weighted by atomic mass is 79.9. The van der Waals surface area contributed by atoms with Crippen molar-refractivity contribution in [3.63, 3.8) is 0 Å². The van der Waals surface area contributed by atoms with Gasteiger partial charge in [-0.05, 0) is 64.9 Å². The summed E-state index contributed by atoms with van der Waals surface area (Å²) in [7, 11) is 0. The molecule has 0 radical (unpaired) electrons. The maximum atomic E-state index is 13.7. The van der Waals surface area contributed by atoms with E-state index in [4.69, 9.17) is 0 Å². The van der Waals surface area contributed by atoms with Crippen LogP contribution >= 0.6 is 27.3 Å². The van der Waals surface area contributed by atoms with Crippen LogP contribution in [0.4, 0.5) is 4.39 Å². The second-order valence-corrected chi connectivity index (χ2v) is 6.98. The summed E-state index contributed by atoms with van der Waals surface area (Å²) in [5.41, 5.74) is -0.942. The Morgan fingerprint density at radius 1 is 1.56 bits per heavy atom. The van der Waals surface area contributed by atoms with Gasteiger partial charge in [0.1, 0.15) is 5.67 Å². The fourth-order valence-corrected chi connectivity index (χ4v) is 4.87. The largest absolute Gasteiger partial charge is 0.387 e. The van der Waals surface area contributed by atoms with E-state index >= 15 is 0 Å². The fraction of sp³-hybridized carbons (Fsp3) is 0.667. The molecule has 0 spiro atoms. The Bertz CT molecular complexity index is 403. The van der Waals surface area contributed by atoms with Crippen LogP contribution in [0.25, 0.3) is 0 Å². The van der Waals surface area contributed by atoms with Crippen molar-refractivity contribution in [2.75, 3.05) is 0 Å². The van der Waals surface area contributed by atoms with Crippen LogP contribution in [0.1, 0.15) is 30.7 Å². The summed E-state index contributed by atoms with van der Waals surface area (Å²) in [6, 6.07) is 1.96. The summed E-state index contributed by atoms with van der Waals surface area (Å²) in [5.74, 6) is 0.644. The van der Waals surface area contributed by atoms with Crippen molar-refractivity contribution in [1.82, 2.24) is 0 Å². The number of aliphatic hydroxyl groups excluding tert-OH is 1. The Kier molecular flexibility index (Phi) is 2.47. The number of aliphatic hydroxyl groups is 1. The summed E-state index contributed by atoms with van der Waals surface area (Å²) in [6.45, 7) is 1.70. The summed E-state index contributed by atoms with van der Waals surface area (Å²) >= 11 is 5.01. The average molecular weight is 305 g/mol. The van der Waals surface area contributed by atoms with Crippen molar-refractivity contribution in [3.8, 4) is 0 Å². The van der Waals surface area contributed by atoms with Crippen molar-refractivity contribution >= 4 is 27.3 Å². The molecule has 2 fully saturated rings. The number of hydrogen-bond acceptors (Lipinski definition) is 2. The molecule has 3 unspecified atom stereocenters. The highest BCUT2D eigenvalue weighted by molar-refractivity contribution is 9.10. The number of halogens is 2. The molecule has 3 rings (SSSR count). The molecule has 1 aromatic rings. The zero-order valence-corrected chi connectivity index (χ0v) is 11.4. The first-order chi connectivity index (χ1) is 7.51. The van der Waals surface area contributed by atoms with Crippen molar-refractivity contribution in [1.29, 1.82) is 0 Å². The van der Waals surface area contributed by atoms with Crippen LogP contribution < -0.4 is 0 Å². The lowest BCUT2D eigenvalue weighted by atomic mass is 9.93. The lowest BCUT2D eigenvalue weighted by molar-refractivity contribution is 0.0926. The van der Waals surface area contributed by atoms with Crippen LogP contribution in [-0.2, 0) is 0 Å². The number of alkyl halides is 1. The van der Waals surface area contributed by atoms with E-state index in [9.17, 15) is 9.50 Å². The predicted octanol–water partition coefficient (Wildman–Crippen LogP) is 3.93. The monoisotopic (exact) mass is 304 g/mol. The van der Waals surface area contributed by atoms with Crippen molar-refractivity contribution in [3.05, 3.63) is 20.8 Å². The Morgan fingerprint density at radius 2 is 2.19 bits per heavy atom. The quantitative estimate of drug-likeness (QED) is 0.878. The Labute approximate surface area is 107 Å². The average Bonchev–Trinajstić information content (AvgIpc) is 2.71. The van der Waals surface area contributed by atoms with Gasteiger partial charge < -0.3 is 5.11 Å². The molecule has 1 nitrogen and oxygen atoms in total. The van der Waals surface area contributed by atoms with Crippen molar-refractivity contribution in [2.24, 2.45) is 17.8 Å². The summed E-state index contributed by atoms with van der Waals surface area (Å²) in [4.78, 5) is 0.992. The van der Waals surface area contributed by atoms with Crippen LogP contribution in [0.3, 0.4) is 0 Å². The SMILES string of the molecule is CC1(F)C2CC(C(O)c3sccc3Br)CC21. The van der Waals surface area contributed by atoms with Crippen molar-refractivity contribution in [2.45, 2.75) is 31.5 Å². The summed E-state index contributed by atoms with van der Waals surface area (Å²) < 4.78 is 14.7. The Morgan fingerprint density at radius 3 is 2.69 bits per heavy atom. The number of rotatable bonds is 2. The van der Waals surface area contributed by atoms with Gasteiger partial charge in [0.05, 0.1) is 6.10 Å². The lowest BCUT2D eigenvalue weighted by Crippen LogP contribution is -2.15. The number of thiophene rings is 1. The minimum absolute atomic E-state index is 0.200. The molecule has 0 amide bonds. The molecule has 1 aromatic heterocycles. The van der Waals surface area contributed by atoms with Gasteiger partial charge in [0.2, 0.25) is 0 Å². The second kappa shape index (κ2) is 3.53. The molecule has 0 aromatic carbocycles. The first-order valence-electron chi connectivity index (χ1n) is 5.61. The van der Waals surface area contributed by atoms with Crippen LogP contribution in [0.5, 0.6) is 0 Å². The van der Waals surface area contributed by atoms with Gasteiger partial charge in [-0.3, -0.25) is 0 Å². The predicted molar refractivity (Wildman–Crippen MR) is 66.2 cm³/mol. The van der Waals surface area contributed by atoms with E-state index in [0.29, 0.717) is 0 Å². The summed E-state index contributed by atoms with van der Waals surface area (Å²) in [5, 5.41) is 12.2. The molecule has 2 aliphatic rings. The zero-order valence-electron chi connectivity index (χ0n) is 8.99. The summed E-state index contributed by atoms with van der Waals surface area (Å²) in [6.07, 6.45) is 1.25. The molecular formula is C12H14BrFOS. The smallest absolute Gasteiger partial charge is 0.114 e. The zero-order chi connectivity index (χ0) is 11.5. The molecule has 0 saturated heterocycles. The topological polar surface area (TPSA) is 20.2 Å². The molecule has 88 valence electrons. The highest BCUT2D eigenvalue weighted by Crippen LogP contribution is 2.66. The third-order valence-electron chi connectivity index (χ3n) is 4.30. The van der Waals surface area contributed by atoms with Gasteiger partial charge in [-0.15, -0.1) is 11.3 Å². The van der Waals surface area contributed by atoms with Crippen LogP contribution in [0, 0.1) is 17.8 Å². The highest BCUT2D eigenvalue weighted by Gasteiger charge is 2.67. The Balaban J connectivity index is 1.71. The molecular weight excluding hydrogens is 291 g/mol. The molecule has 2 aliphatic carbocycles. The Hall–Kier alpha value is 0.0700. The standard InChI is InChI=1S/C12H14BrFOS/c1-12(14)7-4-6(5-8(7)12)10(15)11-9(13)2-3-16-11/h2-3,6-8,10,15H,4-5H2,1H3. The van der Waals surface area contributed by atoms with Gasteiger partial charge in [-0.25, -0.2) is 4.39 Å². The van der Waals surface area contributed by atoms with E-state index in [1.54, 1.807) is 18.3 Å². The molecule has 1 heterocycles. The van der Waals surface area contributed by atoms with Crippen LogP contribution in [-0.4, -0.2) is 10.8 Å². The maximum absolute atomic E-state index is 13.7. The van der Waals surface area contributed by atoms with Crippen LogP contribution in [0.2, 0.25) is 0 Å². The molecule has 2 saturated carbocycles. The fourth-order valence-electron chi connectivity index (χ4n) is 3.19. The molecule has 3 atom stereocenters.